The average Bonchev–Trinajstić information content (AvgIpc) is 2.62. The number of methoxy groups -OCH3 is 1. The smallest absolute Gasteiger partial charge is 0.405 e. The normalized spacial score (nSPS) is 11.0. The van der Waals surface area contributed by atoms with Crippen LogP contribution >= 0.6 is 11.8 Å². The Bertz CT molecular complexity index is 655. The number of esters is 1. The number of nitrogens with one attached hydrogen (secondary N) is 2. The molecule has 0 unspecified atom stereocenters. The highest BCUT2D eigenvalue weighted by atomic mass is 32.2. The largest absolute Gasteiger partial charge is 0.452 e. The number of hydrogen-bond acceptors (Lipinski definition) is 6. The number of amides is 2. The number of benzene rings is 1. The minimum atomic E-state index is -4.55. The first kappa shape index (κ1) is 22.8. The van der Waals surface area contributed by atoms with Gasteiger partial charge in [0.2, 0.25) is 5.91 Å². The molecule has 1 rings (SSSR count). The average molecular weight is 408 g/mol. The van der Waals surface area contributed by atoms with Crippen molar-refractivity contribution in [2.75, 3.05) is 39.2 Å². The summed E-state index contributed by atoms with van der Waals surface area (Å²) in [6, 6.07) is 6.23. The van der Waals surface area contributed by atoms with Gasteiger partial charge in [-0.3, -0.25) is 9.59 Å². The summed E-state index contributed by atoms with van der Waals surface area (Å²) < 4.78 is 45.6. The second-order valence-electron chi connectivity index (χ2n) is 5.10. The molecule has 1 aromatic rings. The van der Waals surface area contributed by atoms with E-state index in [9.17, 15) is 27.6 Å². The predicted octanol–water partition coefficient (Wildman–Crippen LogP) is 1.38. The molecular weight excluding hydrogens is 389 g/mol. The van der Waals surface area contributed by atoms with Gasteiger partial charge < -0.3 is 20.1 Å². The minimum Gasteiger partial charge on any atom is -0.452 e. The number of ether oxygens (including phenoxy) is 2. The Morgan fingerprint density at radius 3 is 2.48 bits per heavy atom. The van der Waals surface area contributed by atoms with E-state index in [1.807, 2.05) is 0 Å². The summed E-state index contributed by atoms with van der Waals surface area (Å²) in [5, 5.41) is 4.22. The molecule has 0 saturated carbocycles. The van der Waals surface area contributed by atoms with E-state index in [-0.39, 0.29) is 17.2 Å². The minimum absolute atomic E-state index is 0.0417. The second kappa shape index (κ2) is 11.4. The van der Waals surface area contributed by atoms with Crippen LogP contribution in [0, 0.1) is 0 Å². The van der Waals surface area contributed by atoms with Gasteiger partial charge in [-0.1, -0.05) is 12.1 Å². The van der Waals surface area contributed by atoms with Gasteiger partial charge >= 0.3 is 12.1 Å². The topological polar surface area (TPSA) is 93.7 Å². The highest BCUT2D eigenvalue weighted by molar-refractivity contribution is 8.00. The molecule has 150 valence electrons. The fraction of sp³-hybridized carbons (Fsp3) is 0.438. The maximum Gasteiger partial charge on any atom is 0.405 e. The lowest BCUT2D eigenvalue weighted by Crippen LogP contribution is -2.36. The van der Waals surface area contributed by atoms with Crippen molar-refractivity contribution in [3.8, 4) is 0 Å². The van der Waals surface area contributed by atoms with Gasteiger partial charge in [-0.2, -0.15) is 13.2 Å². The van der Waals surface area contributed by atoms with Gasteiger partial charge in [0.25, 0.3) is 5.91 Å². The zero-order chi connectivity index (χ0) is 20.3. The molecule has 0 heterocycles. The number of alkyl halides is 3. The van der Waals surface area contributed by atoms with Crippen LogP contribution < -0.4 is 10.6 Å². The highest BCUT2D eigenvalue weighted by Gasteiger charge is 2.28. The number of rotatable bonds is 10. The molecule has 0 saturated heterocycles. The number of halogens is 3. The summed E-state index contributed by atoms with van der Waals surface area (Å²) in [4.78, 5) is 35.5. The lowest BCUT2D eigenvalue weighted by Gasteiger charge is -2.11. The molecule has 2 N–H and O–H groups in total. The standard InChI is InChI=1S/C16H19F3N2O5S/c1-25-7-6-20-14(23)9-27-12-5-3-2-4-11(12)15(24)26-8-13(22)21-10-16(17,18)19/h2-5H,6-10H2,1H3,(H,20,23)(H,21,22). The number of carbonyl (C=O) groups is 3. The van der Waals surface area contributed by atoms with Crippen LogP contribution in [0.25, 0.3) is 0 Å². The lowest BCUT2D eigenvalue weighted by atomic mass is 10.2. The molecule has 0 aliphatic carbocycles. The van der Waals surface area contributed by atoms with Gasteiger partial charge in [-0.05, 0) is 12.1 Å². The molecule has 0 fully saturated rings. The molecule has 0 aliphatic rings. The molecule has 0 bridgehead atoms. The van der Waals surface area contributed by atoms with Crippen LogP contribution in [0.15, 0.2) is 29.2 Å². The van der Waals surface area contributed by atoms with Crippen LogP contribution in [-0.2, 0) is 19.1 Å². The van der Waals surface area contributed by atoms with Crippen LogP contribution in [0.3, 0.4) is 0 Å². The van der Waals surface area contributed by atoms with Crippen molar-refractivity contribution in [3.05, 3.63) is 29.8 Å². The Labute approximate surface area is 158 Å². The van der Waals surface area contributed by atoms with E-state index in [0.29, 0.717) is 18.0 Å². The van der Waals surface area contributed by atoms with E-state index in [1.165, 1.54) is 13.2 Å². The van der Waals surface area contributed by atoms with Crippen LogP contribution in [0.5, 0.6) is 0 Å². The van der Waals surface area contributed by atoms with E-state index in [1.54, 1.807) is 23.5 Å². The molecule has 7 nitrogen and oxygen atoms in total. The van der Waals surface area contributed by atoms with Crippen molar-refractivity contribution >= 4 is 29.5 Å². The fourth-order valence-corrected chi connectivity index (χ4v) is 2.58. The van der Waals surface area contributed by atoms with Crippen molar-refractivity contribution in [3.63, 3.8) is 0 Å². The molecule has 0 aliphatic heterocycles. The number of hydrogen-bond donors (Lipinski definition) is 2. The quantitative estimate of drug-likeness (QED) is 0.345. The van der Waals surface area contributed by atoms with Crippen molar-refractivity contribution in [2.24, 2.45) is 0 Å². The van der Waals surface area contributed by atoms with Crippen LogP contribution in [0.2, 0.25) is 0 Å². The molecule has 27 heavy (non-hydrogen) atoms. The SMILES string of the molecule is COCCNC(=O)CSc1ccccc1C(=O)OCC(=O)NCC(F)(F)F. The van der Waals surface area contributed by atoms with Gasteiger partial charge in [0, 0.05) is 18.6 Å². The molecule has 0 radical (unpaired) electrons. The van der Waals surface area contributed by atoms with Gasteiger partial charge in [0.1, 0.15) is 6.54 Å². The molecule has 0 aromatic heterocycles. The predicted molar refractivity (Wildman–Crippen MR) is 91.4 cm³/mol. The fourth-order valence-electron chi connectivity index (χ4n) is 1.71. The number of thioether (sulfide) groups is 1. The Hall–Kier alpha value is -2.27. The zero-order valence-electron chi connectivity index (χ0n) is 14.4. The second-order valence-corrected chi connectivity index (χ2v) is 6.11. The Kier molecular flexibility index (Phi) is 9.65. The van der Waals surface area contributed by atoms with Gasteiger partial charge in [-0.15, -0.1) is 11.8 Å². The van der Waals surface area contributed by atoms with Gasteiger partial charge in [-0.25, -0.2) is 4.79 Å². The first-order valence-electron chi connectivity index (χ1n) is 7.71. The van der Waals surface area contributed by atoms with Crippen LogP contribution in [-0.4, -0.2) is 63.1 Å². The molecule has 0 spiro atoms. The summed E-state index contributed by atoms with van der Waals surface area (Å²) in [5.74, 6) is -2.16. The maximum atomic E-state index is 12.1. The summed E-state index contributed by atoms with van der Waals surface area (Å²) in [6.07, 6.45) is -4.55. The molecule has 2 amide bonds. The van der Waals surface area contributed by atoms with E-state index >= 15 is 0 Å². The van der Waals surface area contributed by atoms with Crippen molar-refractivity contribution in [1.29, 1.82) is 0 Å². The van der Waals surface area contributed by atoms with Crippen molar-refractivity contribution in [2.45, 2.75) is 11.1 Å². The third-order valence-electron chi connectivity index (χ3n) is 2.91. The molecule has 11 heteroatoms. The van der Waals surface area contributed by atoms with Gasteiger partial charge in [0.15, 0.2) is 6.61 Å². The number of carbonyl (C=O) groups excluding carboxylic acids is 3. The van der Waals surface area contributed by atoms with E-state index in [2.05, 4.69) is 5.32 Å². The highest BCUT2D eigenvalue weighted by Crippen LogP contribution is 2.23. The zero-order valence-corrected chi connectivity index (χ0v) is 15.2. The third kappa shape index (κ3) is 9.85. The Balaban J connectivity index is 2.53. The third-order valence-corrected chi connectivity index (χ3v) is 3.99. The summed E-state index contributed by atoms with van der Waals surface area (Å²) in [5.41, 5.74) is 0.107. The first-order valence-corrected chi connectivity index (χ1v) is 8.69. The molecular formula is C16H19F3N2O5S. The summed E-state index contributed by atoms with van der Waals surface area (Å²) >= 11 is 1.09. The van der Waals surface area contributed by atoms with E-state index in [4.69, 9.17) is 9.47 Å². The first-order chi connectivity index (χ1) is 12.7. The molecule has 1 aromatic carbocycles. The van der Waals surface area contributed by atoms with Crippen LogP contribution in [0.1, 0.15) is 10.4 Å². The molecule has 0 atom stereocenters. The van der Waals surface area contributed by atoms with Crippen molar-refractivity contribution in [1.82, 2.24) is 10.6 Å². The van der Waals surface area contributed by atoms with Crippen LogP contribution in [0.4, 0.5) is 13.2 Å². The van der Waals surface area contributed by atoms with E-state index in [0.717, 1.165) is 11.8 Å². The Morgan fingerprint density at radius 2 is 1.81 bits per heavy atom. The summed E-state index contributed by atoms with van der Waals surface area (Å²) in [7, 11) is 1.51. The monoisotopic (exact) mass is 408 g/mol. The Morgan fingerprint density at radius 1 is 1.11 bits per heavy atom. The van der Waals surface area contributed by atoms with Crippen molar-refractivity contribution < 1.29 is 37.0 Å². The summed E-state index contributed by atoms with van der Waals surface area (Å²) in [6.45, 7) is -1.62. The van der Waals surface area contributed by atoms with E-state index < -0.39 is 31.2 Å². The lowest BCUT2D eigenvalue weighted by molar-refractivity contribution is -0.140. The maximum absolute atomic E-state index is 12.1. The van der Waals surface area contributed by atoms with Gasteiger partial charge in [0.05, 0.1) is 17.9 Å².